The summed E-state index contributed by atoms with van der Waals surface area (Å²) < 4.78 is 3.24. The molecule has 0 saturated carbocycles. The second-order valence-corrected chi connectivity index (χ2v) is 14.8. The Balaban J connectivity index is 2.79. The molecule has 0 bridgehead atoms. The number of hydrogen-bond acceptors (Lipinski definition) is 1. The van der Waals surface area contributed by atoms with Crippen LogP contribution in [0.2, 0.25) is 11.1 Å². The molecule has 2 heterocycles. The standard InChI is InChI=1S/C16H25IN2Si/c1-11(2)20(12(3)4,14(6)17)19-10-8-15-13(5)7-9-18-16(15)19/h7-12,14H,1-6H3. The molecule has 1 atom stereocenters. The topological polar surface area (TPSA) is 17.8 Å². The molecule has 0 N–H and O–H groups in total. The van der Waals surface area contributed by atoms with Crippen molar-refractivity contribution >= 4 is 41.9 Å². The molecule has 2 aromatic heterocycles. The van der Waals surface area contributed by atoms with E-state index in [2.05, 4.69) is 86.7 Å². The monoisotopic (exact) mass is 400 g/mol. The lowest BCUT2D eigenvalue weighted by Crippen LogP contribution is -2.55. The second kappa shape index (κ2) is 5.79. The second-order valence-electron chi connectivity index (χ2n) is 6.36. The van der Waals surface area contributed by atoms with Crippen LogP contribution in [0.25, 0.3) is 11.0 Å². The minimum atomic E-state index is -1.70. The zero-order valence-corrected chi connectivity index (χ0v) is 16.5. The number of fused-ring (bicyclic) bond motifs is 1. The zero-order valence-electron chi connectivity index (χ0n) is 13.3. The highest BCUT2D eigenvalue weighted by atomic mass is 127. The zero-order chi connectivity index (χ0) is 15.1. The molecule has 0 spiro atoms. The minimum Gasteiger partial charge on any atom is -0.358 e. The first-order valence-corrected chi connectivity index (χ1v) is 10.8. The van der Waals surface area contributed by atoms with Gasteiger partial charge in [0.1, 0.15) is 5.65 Å². The summed E-state index contributed by atoms with van der Waals surface area (Å²) in [6.45, 7) is 14.1. The molecule has 110 valence electrons. The third-order valence-corrected chi connectivity index (χ3v) is 13.9. The first kappa shape index (κ1) is 16.0. The summed E-state index contributed by atoms with van der Waals surface area (Å²) in [6, 6.07) is 4.36. The van der Waals surface area contributed by atoms with Gasteiger partial charge in [-0.15, -0.1) is 0 Å². The third-order valence-electron chi connectivity index (χ3n) is 4.71. The first-order valence-electron chi connectivity index (χ1n) is 7.40. The van der Waals surface area contributed by atoms with E-state index in [1.54, 1.807) is 0 Å². The van der Waals surface area contributed by atoms with Gasteiger partial charge in [0.25, 0.3) is 0 Å². The van der Waals surface area contributed by atoms with Gasteiger partial charge in [0.05, 0.1) is 0 Å². The van der Waals surface area contributed by atoms with Gasteiger partial charge in [-0.25, -0.2) is 4.98 Å². The number of nitrogens with zero attached hydrogens (tertiary/aromatic N) is 2. The minimum absolute atomic E-state index is 0.665. The lowest BCUT2D eigenvalue weighted by Gasteiger charge is -2.43. The molecule has 4 heteroatoms. The normalized spacial score (nSPS) is 14.4. The molecule has 0 aliphatic carbocycles. The van der Waals surface area contributed by atoms with Gasteiger partial charge in [0, 0.05) is 15.1 Å². The highest BCUT2D eigenvalue weighted by Gasteiger charge is 2.46. The third kappa shape index (κ3) is 2.24. The molecule has 0 radical (unpaired) electrons. The largest absolute Gasteiger partial charge is 0.358 e. The van der Waals surface area contributed by atoms with E-state index in [9.17, 15) is 0 Å². The van der Waals surface area contributed by atoms with Crippen molar-refractivity contribution in [2.75, 3.05) is 0 Å². The van der Waals surface area contributed by atoms with Gasteiger partial charge in [-0.2, -0.15) is 0 Å². The van der Waals surface area contributed by atoms with Crippen LogP contribution >= 0.6 is 22.6 Å². The molecule has 2 aromatic rings. The molecule has 0 saturated heterocycles. The summed E-state index contributed by atoms with van der Waals surface area (Å²) in [6.07, 6.45) is 4.25. The van der Waals surface area contributed by atoms with Gasteiger partial charge in [-0.1, -0.05) is 57.2 Å². The number of hydrogen-bond donors (Lipinski definition) is 0. The van der Waals surface area contributed by atoms with E-state index in [0.717, 1.165) is 0 Å². The van der Waals surface area contributed by atoms with Crippen LogP contribution in [-0.4, -0.2) is 21.0 Å². The predicted octanol–water partition coefficient (Wildman–Crippen LogP) is 5.32. The maximum absolute atomic E-state index is 4.71. The van der Waals surface area contributed by atoms with Crippen LogP contribution in [0.4, 0.5) is 0 Å². The van der Waals surface area contributed by atoms with Crippen LogP contribution in [0.5, 0.6) is 0 Å². The van der Waals surface area contributed by atoms with E-state index in [1.165, 1.54) is 16.6 Å². The fourth-order valence-electron chi connectivity index (χ4n) is 3.82. The predicted molar refractivity (Wildman–Crippen MR) is 99.3 cm³/mol. The Kier molecular flexibility index (Phi) is 4.64. The van der Waals surface area contributed by atoms with Crippen molar-refractivity contribution in [3.05, 3.63) is 30.1 Å². The number of pyridine rings is 1. The van der Waals surface area contributed by atoms with Crippen molar-refractivity contribution in [1.29, 1.82) is 0 Å². The van der Waals surface area contributed by atoms with Gasteiger partial charge < -0.3 is 4.23 Å². The summed E-state index contributed by atoms with van der Waals surface area (Å²) >= 11 is 2.64. The van der Waals surface area contributed by atoms with Gasteiger partial charge >= 0.3 is 0 Å². The summed E-state index contributed by atoms with van der Waals surface area (Å²) in [7, 11) is -1.70. The van der Waals surface area contributed by atoms with E-state index in [4.69, 9.17) is 4.98 Å². The molecule has 0 aliphatic heterocycles. The van der Waals surface area contributed by atoms with Crippen molar-refractivity contribution in [2.24, 2.45) is 0 Å². The number of rotatable bonds is 4. The molecule has 0 aromatic carbocycles. The van der Waals surface area contributed by atoms with E-state index < -0.39 is 8.24 Å². The van der Waals surface area contributed by atoms with Gasteiger partial charge in [-0.05, 0) is 41.9 Å². The van der Waals surface area contributed by atoms with E-state index in [0.29, 0.717) is 14.6 Å². The van der Waals surface area contributed by atoms with Crippen LogP contribution in [0.3, 0.4) is 0 Å². The Morgan fingerprint density at radius 1 is 1.10 bits per heavy atom. The Morgan fingerprint density at radius 3 is 2.20 bits per heavy atom. The van der Waals surface area contributed by atoms with E-state index >= 15 is 0 Å². The van der Waals surface area contributed by atoms with Crippen LogP contribution in [0.15, 0.2) is 24.5 Å². The van der Waals surface area contributed by atoms with Crippen LogP contribution in [0, 0.1) is 6.92 Å². The summed E-state index contributed by atoms with van der Waals surface area (Å²) in [4.78, 5) is 4.71. The lowest BCUT2D eigenvalue weighted by molar-refractivity contribution is 0.824. The van der Waals surface area contributed by atoms with Crippen LogP contribution in [-0.2, 0) is 0 Å². The smallest absolute Gasteiger partial charge is 0.181 e. The van der Waals surface area contributed by atoms with Crippen molar-refractivity contribution in [1.82, 2.24) is 9.22 Å². The average molecular weight is 400 g/mol. The quantitative estimate of drug-likeness (QED) is 0.386. The number of alkyl halides is 1. The molecule has 1 unspecified atom stereocenters. The lowest BCUT2D eigenvalue weighted by atomic mass is 10.2. The van der Waals surface area contributed by atoms with Gasteiger partial charge in [-0.3, -0.25) is 0 Å². The maximum atomic E-state index is 4.71. The molecule has 20 heavy (non-hydrogen) atoms. The van der Waals surface area contributed by atoms with Gasteiger partial charge in [0.15, 0.2) is 8.24 Å². The van der Waals surface area contributed by atoms with Crippen LogP contribution < -0.4 is 0 Å². The highest BCUT2D eigenvalue weighted by molar-refractivity contribution is 14.1. The summed E-state index contributed by atoms with van der Waals surface area (Å²) in [5, 5.41) is 1.31. The van der Waals surface area contributed by atoms with Gasteiger partial charge in [0.2, 0.25) is 0 Å². The Morgan fingerprint density at radius 2 is 1.70 bits per heavy atom. The summed E-state index contributed by atoms with van der Waals surface area (Å²) in [5.41, 5.74) is 3.88. The Hall–Kier alpha value is -0.363. The van der Waals surface area contributed by atoms with Crippen molar-refractivity contribution < 1.29 is 0 Å². The molecular weight excluding hydrogens is 375 g/mol. The molecule has 2 nitrogen and oxygen atoms in total. The van der Waals surface area contributed by atoms with Crippen LogP contribution in [0.1, 0.15) is 40.2 Å². The fraction of sp³-hybridized carbons (Fsp3) is 0.562. The van der Waals surface area contributed by atoms with E-state index in [-0.39, 0.29) is 0 Å². The van der Waals surface area contributed by atoms with Crippen molar-refractivity contribution in [3.63, 3.8) is 0 Å². The molecule has 0 fully saturated rings. The molecule has 0 aliphatic rings. The molecular formula is C16H25IN2Si. The number of halogens is 1. The highest BCUT2D eigenvalue weighted by Crippen LogP contribution is 2.41. The number of aryl methyl sites for hydroxylation is 1. The summed E-state index contributed by atoms with van der Waals surface area (Å²) in [5.74, 6) is 0. The molecule has 2 rings (SSSR count). The maximum Gasteiger partial charge on any atom is 0.181 e. The Bertz CT molecular complexity index is 580. The van der Waals surface area contributed by atoms with Crippen molar-refractivity contribution in [2.45, 2.75) is 56.2 Å². The fourth-order valence-corrected chi connectivity index (χ4v) is 14.6. The first-order chi connectivity index (χ1) is 9.33. The SMILES string of the molecule is Cc1ccnc2c1ccn2[Si](C(C)C)(C(C)C)C(C)I. The van der Waals surface area contributed by atoms with Crippen molar-refractivity contribution in [3.8, 4) is 0 Å². The Labute approximate surface area is 137 Å². The average Bonchev–Trinajstić information content (AvgIpc) is 2.74. The number of aromatic nitrogens is 2. The molecule has 0 amide bonds. The van der Waals surface area contributed by atoms with E-state index in [1.807, 2.05) is 6.20 Å².